The molecule has 0 radical (unpaired) electrons. The molecule has 1 heteroatoms. The van der Waals surface area contributed by atoms with Crippen molar-refractivity contribution in [2.45, 2.75) is 52.0 Å². The molecule has 1 aromatic carbocycles. The van der Waals surface area contributed by atoms with Crippen LogP contribution in [-0.4, -0.2) is 6.04 Å². The van der Waals surface area contributed by atoms with E-state index in [2.05, 4.69) is 55.9 Å². The lowest BCUT2D eigenvalue weighted by Gasteiger charge is -2.25. The Morgan fingerprint density at radius 1 is 1.35 bits per heavy atom. The fourth-order valence-electron chi connectivity index (χ4n) is 2.53. The van der Waals surface area contributed by atoms with Gasteiger partial charge in [-0.2, -0.15) is 0 Å². The van der Waals surface area contributed by atoms with Gasteiger partial charge < -0.3 is 5.32 Å². The van der Waals surface area contributed by atoms with Crippen molar-refractivity contribution < 1.29 is 0 Å². The predicted molar refractivity (Wildman–Crippen MR) is 89.9 cm³/mol. The van der Waals surface area contributed by atoms with Gasteiger partial charge in [0.15, 0.2) is 0 Å². The molecule has 2 unspecified atom stereocenters. The molecule has 0 aliphatic rings. The van der Waals surface area contributed by atoms with Gasteiger partial charge in [-0.1, -0.05) is 63.3 Å². The first-order chi connectivity index (χ1) is 9.76. The summed E-state index contributed by atoms with van der Waals surface area (Å²) in [6.45, 7) is 8.27. The van der Waals surface area contributed by atoms with Crippen LogP contribution in [0.4, 0.5) is 5.69 Å². The van der Waals surface area contributed by atoms with Crippen molar-refractivity contribution in [3.05, 3.63) is 42.5 Å². The van der Waals surface area contributed by atoms with Crippen molar-refractivity contribution in [3.8, 4) is 12.3 Å². The molecule has 0 bridgehead atoms. The van der Waals surface area contributed by atoms with Crippen molar-refractivity contribution in [1.29, 1.82) is 0 Å². The van der Waals surface area contributed by atoms with Crippen LogP contribution in [0.3, 0.4) is 0 Å². The number of para-hydroxylation sites is 1. The first kappa shape index (κ1) is 16.4. The number of anilines is 1. The number of unbranched alkanes of at least 4 members (excludes halogenated alkanes) is 1. The predicted octanol–water partition coefficient (Wildman–Crippen LogP) is 5.05. The van der Waals surface area contributed by atoms with Crippen molar-refractivity contribution in [2.24, 2.45) is 5.92 Å². The third kappa shape index (κ3) is 4.78. The molecular weight excluding hydrogens is 242 g/mol. The van der Waals surface area contributed by atoms with Gasteiger partial charge in [-0.25, -0.2) is 0 Å². The number of benzene rings is 1. The molecule has 1 N–H and O–H groups in total. The van der Waals surface area contributed by atoms with Gasteiger partial charge in [-0.05, 0) is 30.4 Å². The van der Waals surface area contributed by atoms with Gasteiger partial charge in [0.05, 0.1) is 6.04 Å². The van der Waals surface area contributed by atoms with Crippen LogP contribution < -0.4 is 5.32 Å². The number of allylic oxidation sites excluding steroid dienone is 1. The maximum Gasteiger partial charge on any atom is 0.0902 e. The molecule has 0 saturated carbocycles. The van der Waals surface area contributed by atoms with Crippen LogP contribution in [0, 0.1) is 18.3 Å². The van der Waals surface area contributed by atoms with Crippen LogP contribution in [0.15, 0.2) is 36.9 Å². The summed E-state index contributed by atoms with van der Waals surface area (Å²) in [4.78, 5) is 0. The van der Waals surface area contributed by atoms with Gasteiger partial charge in [-0.3, -0.25) is 0 Å². The van der Waals surface area contributed by atoms with Crippen LogP contribution in [0.25, 0.3) is 0 Å². The number of nitrogens with one attached hydrogen (secondary N) is 1. The second kappa shape index (κ2) is 9.26. The van der Waals surface area contributed by atoms with Gasteiger partial charge >= 0.3 is 0 Å². The molecule has 0 aromatic heterocycles. The largest absolute Gasteiger partial charge is 0.371 e. The number of terminal acetylenes is 1. The highest BCUT2D eigenvalue weighted by atomic mass is 14.9. The molecule has 20 heavy (non-hydrogen) atoms. The van der Waals surface area contributed by atoms with E-state index in [0.717, 1.165) is 18.5 Å². The topological polar surface area (TPSA) is 12.0 Å². The second-order valence-corrected chi connectivity index (χ2v) is 5.25. The average Bonchev–Trinajstić information content (AvgIpc) is 2.48. The molecule has 0 amide bonds. The summed E-state index contributed by atoms with van der Waals surface area (Å²) in [5.41, 5.74) is 2.40. The summed E-state index contributed by atoms with van der Waals surface area (Å²) in [6.07, 6.45) is 13.3. The van der Waals surface area contributed by atoms with E-state index in [0.29, 0.717) is 5.92 Å². The van der Waals surface area contributed by atoms with E-state index in [1.165, 1.54) is 24.8 Å². The zero-order valence-electron chi connectivity index (χ0n) is 12.9. The van der Waals surface area contributed by atoms with Gasteiger partial charge in [0, 0.05) is 5.69 Å². The summed E-state index contributed by atoms with van der Waals surface area (Å²) >= 11 is 0. The average molecular weight is 269 g/mol. The number of rotatable bonds is 9. The molecule has 0 aliphatic carbocycles. The van der Waals surface area contributed by atoms with E-state index in [1.54, 1.807) is 0 Å². The Bertz CT molecular complexity index is 441. The molecule has 108 valence electrons. The Hall–Kier alpha value is -1.68. The van der Waals surface area contributed by atoms with E-state index >= 15 is 0 Å². The van der Waals surface area contributed by atoms with Gasteiger partial charge in [0.1, 0.15) is 0 Å². The van der Waals surface area contributed by atoms with Crippen LogP contribution in [-0.2, 0) is 6.42 Å². The van der Waals surface area contributed by atoms with Gasteiger partial charge in [-0.15, -0.1) is 13.0 Å². The number of hydrogen-bond donors (Lipinski definition) is 1. The maximum atomic E-state index is 5.76. The monoisotopic (exact) mass is 269 g/mol. The Labute approximate surface area is 124 Å². The lowest BCUT2D eigenvalue weighted by molar-refractivity contribution is 0.434. The first-order valence-electron chi connectivity index (χ1n) is 7.68. The standard InChI is InChI=1S/C19H27N/c1-5-9-13-16(7-3)18(8-4)20-19-15-11-10-14-17(19)12-6-2/h4,6,10-11,14-16,18,20H,2,5,7,9,12-13H2,1,3H3. The van der Waals surface area contributed by atoms with Gasteiger partial charge in [0.25, 0.3) is 0 Å². The van der Waals surface area contributed by atoms with Crippen LogP contribution in [0.2, 0.25) is 0 Å². The molecule has 1 aromatic rings. The van der Waals surface area contributed by atoms with E-state index in [9.17, 15) is 0 Å². The van der Waals surface area contributed by atoms with Crippen molar-refractivity contribution in [2.75, 3.05) is 5.32 Å². The third-order valence-corrected chi connectivity index (χ3v) is 3.80. The summed E-state index contributed by atoms with van der Waals surface area (Å²) < 4.78 is 0. The molecule has 0 spiro atoms. The molecule has 0 fully saturated rings. The maximum absolute atomic E-state index is 5.76. The summed E-state index contributed by atoms with van der Waals surface area (Å²) in [6, 6.07) is 8.46. The Morgan fingerprint density at radius 2 is 2.10 bits per heavy atom. The van der Waals surface area contributed by atoms with Crippen molar-refractivity contribution in [1.82, 2.24) is 0 Å². The smallest absolute Gasteiger partial charge is 0.0902 e. The normalized spacial score (nSPS) is 13.2. The molecule has 1 rings (SSSR count). The van der Waals surface area contributed by atoms with E-state index < -0.39 is 0 Å². The molecule has 2 atom stereocenters. The van der Waals surface area contributed by atoms with E-state index in [-0.39, 0.29) is 6.04 Å². The highest BCUT2D eigenvalue weighted by molar-refractivity contribution is 5.53. The Morgan fingerprint density at radius 3 is 2.70 bits per heavy atom. The van der Waals surface area contributed by atoms with E-state index in [1.807, 2.05) is 6.08 Å². The molecular formula is C19H27N. The zero-order chi connectivity index (χ0) is 14.8. The van der Waals surface area contributed by atoms with Crippen LogP contribution in [0.5, 0.6) is 0 Å². The first-order valence-corrected chi connectivity index (χ1v) is 7.68. The summed E-state index contributed by atoms with van der Waals surface area (Å²) in [5.74, 6) is 3.48. The fourth-order valence-corrected chi connectivity index (χ4v) is 2.53. The quantitative estimate of drug-likeness (QED) is 0.489. The molecule has 0 aliphatic heterocycles. The summed E-state index contributed by atoms with van der Waals surface area (Å²) in [5, 5.41) is 3.56. The van der Waals surface area contributed by atoms with Crippen LogP contribution in [0.1, 0.15) is 45.1 Å². The highest BCUT2D eigenvalue weighted by Crippen LogP contribution is 2.23. The zero-order valence-corrected chi connectivity index (χ0v) is 12.9. The summed E-state index contributed by atoms with van der Waals surface area (Å²) in [7, 11) is 0. The number of hydrogen-bond acceptors (Lipinski definition) is 1. The molecule has 0 saturated heterocycles. The minimum absolute atomic E-state index is 0.109. The minimum Gasteiger partial charge on any atom is -0.371 e. The molecule has 0 heterocycles. The third-order valence-electron chi connectivity index (χ3n) is 3.80. The fraction of sp³-hybridized carbons (Fsp3) is 0.474. The highest BCUT2D eigenvalue weighted by Gasteiger charge is 2.18. The van der Waals surface area contributed by atoms with Gasteiger partial charge in [0.2, 0.25) is 0 Å². The molecule has 1 nitrogen and oxygen atoms in total. The van der Waals surface area contributed by atoms with Crippen molar-refractivity contribution >= 4 is 5.69 Å². The second-order valence-electron chi connectivity index (χ2n) is 5.25. The lowest BCUT2D eigenvalue weighted by atomic mass is 9.91. The van der Waals surface area contributed by atoms with Crippen LogP contribution >= 0.6 is 0 Å². The van der Waals surface area contributed by atoms with Crippen molar-refractivity contribution in [3.63, 3.8) is 0 Å². The van der Waals surface area contributed by atoms with E-state index in [4.69, 9.17) is 6.42 Å². The minimum atomic E-state index is 0.109. The Balaban J connectivity index is 2.82. The Kier molecular flexibility index (Phi) is 7.58. The lowest BCUT2D eigenvalue weighted by Crippen LogP contribution is -2.27. The SMILES string of the molecule is C#CC(Nc1ccccc1CC=C)C(CC)CCCC.